The molecule has 0 aliphatic heterocycles. The second kappa shape index (κ2) is 7.23. The third-order valence-corrected chi connectivity index (χ3v) is 3.40. The van der Waals surface area contributed by atoms with E-state index in [1.807, 2.05) is 18.7 Å². The molecule has 0 spiro atoms. The van der Waals surface area contributed by atoms with Gasteiger partial charge < -0.3 is 5.32 Å². The molecule has 1 unspecified atom stereocenters. The summed E-state index contributed by atoms with van der Waals surface area (Å²) in [4.78, 5) is 0. The first-order chi connectivity index (χ1) is 8.60. The molecule has 0 saturated heterocycles. The predicted octanol–water partition coefficient (Wildman–Crippen LogP) is 2.36. The van der Waals surface area contributed by atoms with Crippen LogP contribution in [-0.4, -0.2) is 22.4 Å². The predicted molar refractivity (Wildman–Crippen MR) is 76.5 cm³/mol. The van der Waals surface area contributed by atoms with Crippen molar-refractivity contribution in [1.82, 2.24) is 15.1 Å². The van der Waals surface area contributed by atoms with Gasteiger partial charge in [-0.05, 0) is 45.7 Å². The molecule has 0 bridgehead atoms. The smallest absolute Gasteiger partial charge is 0.0628 e. The molecule has 1 N–H and O–H groups in total. The van der Waals surface area contributed by atoms with E-state index in [0.29, 0.717) is 6.04 Å². The quantitative estimate of drug-likeness (QED) is 0.782. The highest BCUT2D eigenvalue weighted by molar-refractivity contribution is 5.25. The average molecular weight is 247 g/mol. The molecule has 0 aromatic carbocycles. The number of nitrogens with zero attached hydrogens (tertiary/aromatic N) is 2. The van der Waals surface area contributed by atoms with E-state index in [4.69, 9.17) is 0 Å². The van der Waals surface area contributed by atoms with Crippen molar-refractivity contribution < 1.29 is 0 Å². The van der Waals surface area contributed by atoms with Crippen LogP contribution < -0.4 is 5.32 Å². The highest BCUT2D eigenvalue weighted by atomic mass is 15.3. The number of aryl methyl sites for hydroxylation is 2. The van der Waals surface area contributed by atoms with E-state index >= 15 is 0 Å². The fraction of sp³-hybridized carbons (Fsp3) is 0.667. The van der Waals surface area contributed by atoms with Gasteiger partial charge in [-0.3, -0.25) is 4.68 Å². The van der Waals surface area contributed by atoms with Crippen molar-refractivity contribution in [2.24, 2.45) is 7.05 Å². The van der Waals surface area contributed by atoms with Gasteiger partial charge in [0.15, 0.2) is 0 Å². The van der Waals surface area contributed by atoms with Crippen LogP contribution in [0.15, 0.2) is 0 Å². The molecule has 1 heterocycles. The van der Waals surface area contributed by atoms with Crippen molar-refractivity contribution in [2.75, 3.05) is 6.54 Å². The first-order valence-corrected chi connectivity index (χ1v) is 6.72. The van der Waals surface area contributed by atoms with Crippen LogP contribution in [0.4, 0.5) is 0 Å². The van der Waals surface area contributed by atoms with Gasteiger partial charge in [-0.1, -0.05) is 6.92 Å². The summed E-state index contributed by atoms with van der Waals surface area (Å²) in [6, 6.07) is 0.498. The molecule has 0 fully saturated rings. The summed E-state index contributed by atoms with van der Waals surface area (Å²) in [5.41, 5.74) is 3.81. The van der Waals surface area contributed by atoms with Crippen molar-refractivity contribution in [3.05, 3.63) is 17.0 Å². The molecule has 1 aromatic heterocycles. The summed E-state index contributed by atoms with van der Waals surface area (Å²) in [5.74, 6) is 6.11. The van der Waals surface area contributed by atoms with E-state index in [2.05, 4.69) is 43.0 Å². The largest absolute Gasteiger partial charge is 0.314 e. The zero-order chi connectivity index (χ0) is 13.5. The lowest BCUT2D eigenvalue weighted by atomic mass is 10.0. The van der Waals surface area contributed by atoms with Gasteiger partial charge in [-0.15, -0.1) is 11.8 Å². The minimum atomic E-state index is 0.498. The summed E-state index contributed by atoms with van der Waals surface area (Å²) >= 11 is 0. The van der Waals surface area contributed by atoms with Gasteiger partial charge >= 0.3 is 0 Å². The van der Waals surface area contributed by atoms with E-state index in [0.717, 1.165) is 31.5 Å². The average Bonchev–Trinajstić information content (AvgIpc) is 2.56. The Hall–Kier alpha value is -1.27. The van der Waals surface area contributed by atoms with Crippen molar-refractivity contribution in [3.8, 4) is 11.8 Å². The van der Waals surface area contributed by atoms with E-state index in [9.17, 15) is 0 Å². The van der Waals surface area contributed by atoms with Crippen LogP contribution in [0.25, 0.3) is 0 Å². The molecule has 3 heteroatoms. The first-order valence-electron chi connectivity index (χ1n) is 6.72. The zero-order valence-corrected chi connectivity index (χ0v) is 12.3. The van der Waals surface area contributed by atoms with Gasteiger partial charge in [0.25, 0.3) is 0 Å². The topological polar surface area (TPSA) is 29.9 Å². The van der Waals surface area contributed by atoms with Crippen LogP contribution >= 0.6 is 0 Å². The second-order valence-corrected chi connectivity index (χ2v) is 4.70. The molecule has 1 rings (SSSR count). The number of nitrogens with one attached hydrogen (secondary N) is 1. The third-order valence-electron chi connectivity index (χ3n) is 3.40. The van der Waals surface area contributed by atoms with E-state index < -0.39 is 0 Å². The summed E-state index contributed by atoms with van der Waals surface area (Å²) < 4.78 is 1.97. The molecule has 0 radical (unpaired) electrons. The van der Waals surface area contributed by atoms with E-state index in [1.165, 1.54) is 11.3 Å². The SMILES string of the molecule is CC#CCCC(Cc1c(C)nn(C)c1C)NCC. The number of hydrogen-bond acceptors (Lipinski definition) is 2. The molecule has 18 heavy (non-hydrogen) atoms. The number of aromatic nitrogens is 2. The first kappa shape index (κ1) is 14.8. The Morgan fingerprint density at radius 2 is 2.11 bits per heavy atom. The van der Waals surface area contributed by atoms with Crippen LogP contribution in [0.2, 0.25) is 0 Å². The van der Waals surface area contributed by atoms with Crippen molar-refractivity contribution in [2.45, 2.75) is 53.0 Å². The molecule has 1 atom stereocenters. The van der Waals surface area contributed by atoms with Gasteiger partial charge in [-0.2, -0.15) is 5.10 Å². The van der Waals surface area contributed by atoms with Crippen molar-refractivity contribution in [3.63, 3.8) is 0 Å². The van der Waals surface area contributed by atoms with Gasteiger partial charge in [0.1, 0.15) is 0 Å². The third kappa shape index (κ3) is 3.89. The Kier molecular flexibility index (Phi) is 5.94. The van der Waals surface area contributed by atoms with Crippen LogP contribution in [0.3, 0.4) is 0 Å². The Morgan fingerprint density at radius 3 is 2.61 bits per heavy atom. The molecule has 3 nitrogen and oxygen atoms in total. The Labute approximate surface area is 111 Å². The molecule has 0 amide bonds. The minimum absolute atomic E-state index is 0.498. The van der Waals surface area contributed by atoms with Crippen molar-refractivity contribution >= 4 is 0 Å². The highest BCUT2D eigenvalue weighted by Crippen LogP contribution is 2.16. The van der Waals surface area contributed by atoms with Crippen LogP contribution in [0.1, 0.15) is 43.6 Å². The standard InChI is InChI=1S/C15H25N3/c1-6-8-9-10-14(16-7-2)11-15-12(3)17-18(5)13(15)4/h14,16H,7,9-11H2,1-5H3. The van der Waals surface area contributed by atoms with Crippen LogP contribution in [-0.2, 0) is 13.5 Å². The van der Waals surface area contributed by atoms with Gasteiger partial charge in [0.05, 0.1) is 5.69 Å². The molecular weight excluding hydrogens is 222 g/mol. The highest BCUT2D eigenvalue weighted by Gasteiger charge is 2.14. The summed E-state index contributed by atoms with van der Waals surface area (Å²) in [6.45, 7) is 9.29. The molecule has 0 aliphatic carbocycles. The van der Waals surface area contributed by atoms with Crippen LogP contribution in [0.5, 0.6) is 0 Å². The monoisotopic (exact) mass is 247 g/mol. The summed E-state index contributed by atoms with van der Waals surface area (Å²) in [5, 5.41) is 8.03. The minimum Gasteiger partial charge on any atom is -0.314 e. The lowest BCUT2D eigenvalue weighted by Crippen LogP contribution is -2.31. The lowest BCUT2D eigenvalue weighted by molar-refractivity contribution is 0.495. The Morgan fingerprint density at radius 1 is 1.39 bits per heavy atom. The maximum absolute atomic E-state index is 4.48. The number of rotatable bonds is 6. The van der Waals surface area contributed by atoms with Crippen LogP contribution in [0, 0.1) is 25.7 Å². The molecule has 0 aliphatic rings. The van der Waals surface area contributed by atoms with Crippen molar-refractivity contribution in [1.29, 1.82) is 0 Å². The lowest BCUT2D eigenvalue weighted by Gasteiger charge is -2.17. The molecule has 1 aromatic rings. The summed E-state index contributed by atoms with van der Waals surface area (Å²) in [7, 11) is 2.01. The molecule has 100 valence electrons. The second-order valence-electron chi connectivity index (χ2n) is 4.70. The van der Waals surface area contributed by atoms with Gasteiger partial charge in [0, 0.05) is 25.2 Å². The van der Waals surface area contributed by atoms with Gasteiger partial charge in [-0.25, -0.2) is 0 Å². The number of hydrogen-bond donors (Lipinski definition) is 1. The zero-order valence-electron chi connectivity index (χ0n) is 12.3. The Balaban J connectivity index is 2.71. The Bertz CT molecular complexity index is 435. The fourth-order valence-corrected chi connectivity index (χ4v) is 2.30. The van der Waals surface area contributed by atoms with E-state index in [-0.39, 0.29) is 0 Å². The molecule has 0 saturated carbocycles. The van der Waals surface area contributed by atoms with E-state index in [1.54, 1.807) is 0 Å². The maximum Gasteiger partial charge on any atom is 0.0628 e. The summed E-state index contributed by atoms with van der Waals surface area (Å²) in [6.07, 6.45) is 3.11. The number of likely N-dealkylation sites (N-methyl/N-ethyl adjacent to an activating group) is 1. The maximum atomic E-state index is 4.48. The fourth-order valence-electron chi connectivity index (χ4n) is 2.30. The van der Waals surface area contributed by atoms with Gasteiger partial charge in [0.2, 0.25) is 0 Å². The molecular formula is C15H25N3. The normalized spacial score (nSPS) is 12.1.